The van der Waals surface area contributed by atoms with Gasteiger partial charge in [-0.3, -0.25) is 4.57 Å². The molecule has 21 heavy (non-hydrogen) atoms. The van der Waals surface area contributed by atoms with E-state index < -0.39 is 17.6 Å². The van der Waals surface area contributed by atoms with Gasteiger partial charge in [0.15, 0.2) is 17.3 Å². The summed E-state index contributed by atoms with van der Waals surface area (Å²) in [6, 6.07) is 2.31. The molecule has 0 radical (unpaired) electrons. The molecule has 1 heterocycles. The van der Waals surface area contributed by atoms with Crippen LogP contribution in [0.3, 0.4) is 0 Å². The van der Waals surface area contributed by atoms with Gasteiger partial charge in [-0.05, 0) is 19.1 Å². The first-order valence-electron chi connectivity index (χ1n) is 6.38. The number of aromatic nitrogens is 2. The molecule has 0 saturated heterocycles. The van der Waals surface area contributed by atoms with Crippen LogP contribution in [-0.4, -0.2) is 22.1 Å². The first-order chi connectivity index (χ1) is 9.97. The molecule has 0 fully saturated rings. The number of carbonyl (C=O) groups is 1. The maximum absolute atomic E-state index is 14.0. The van der Waals surface area contributed by atoms with Crippen LogP contribution >= 0.6 is 15.9 Å². The Balaban J connectivity index is 2.56. The number of aryl methyl sites for hydroxylation is 1. The van der Waals surface area contributed by atoms with Gasteiger partial charge in [-0.25, -0.2) is 18.6 Å². The number of nitrogens with zero attached hydrogens (tertiary/aromatic N) is 2. The number of carbonyl (C=O) groups excluding carboxylic acids is 1. The summed E-state index contributed by atoms with van der Waals surface area (Å²) in [7, 11) is 0. The summed E-state index contributed by atoms with van der Waals surface area (Å²) in [5.74, 6) is -1.74. The van der Waals surface area contributed by atoms with E-state index in [0.717, 1.165) is 12.1 Å². The predicted octanol–water partition coefficient (Wildman–Crippen LogP) is 3.65. The van der Waals surface area contributed by atoms with Gasteiger partial charge in [-0.15, -0.1) is 0 Å². The van der Waals surface area contributed by atoms with Crippen LogP contribution in [0.1, 0.15) is 30.2 Å². The Kier molecular flexibility index (Phi) is 4.72. The normalized spacial score (nSPS) is 10.7. The molecule has 7 heteroatoms. The van der Waals surface area contributed by atoms with Crippen molar-refractivity contribution in [2.24, 2.45) is 0 Å². The van der Waals surface area contributed by atoms with E-state index in [9.17, 15) is 13.6 Å². The maximum Gasteiger partial charge on any atom is 0.358 e. The number of imidazole rings is 1. The van der Waals surface area contributed by atoms with Crippen molar-refractivity contribution in [2.75, 3.05) is 6.61 Å². The Morgan fingerprint density at radius 1 is 1.33 bits per heavy atom. The largest absolute Gasteiger partial charge is 0.461 e. The molecule has 0 saturated carbocycles. The predicted molar refractivity (Wildman–Crippen MR) is 76.5 cm³/mol. The molecule has 0 N–H and O–H groups in total. The molecule has 2 rings (SSSR count). The van der Waals surface area contributed by atoms with Crippen molar-refractivity contribution in [2.45, 2.75) is 20.3 Å². The van der Waals surface area contributed by atoms with Gasteiger partial charge in [0.25, 0.3) is 0 Å². The molecule has 0 aliphatic carbocycles. The summed E-state index contributed by atoms with van der Waals surface area (Å²) in [4.78, 5) is 15.8. The lowest BCUT2D eigenvalue weighted by atomic mass is 10.2. The van der Waals surface area contributed by atoms with Crippen molar-refractivity contribution >= 4 is 21.9 Å². The van der Waals surface area contributed by atoms with E-state index in [0.29, 0.717) is 16.7 Å². The van der Waals surface area contributed by atoms with Crippen molar-refractivity contribution in [1.29, 1.82) is 0 Å². The van der Waals surface area contributed by atoms with Crippen LogP contribution in [0.5, 0.6) is 0 Å². The summed E-state index contributed by atoms with van der Waals surface area (Å²) in [5.41, 5.74) is -0.242. The lowest BCUT2D eigenvalue weighted by Crippen LogP contribution is -2.05. The average Bonchev–Trinajstić information content (AvgIpc) is 2.82. The third-order valence-corrected chi connectivity index (χ3v) is 3.26. The molecule has 0 aliphatic heterocycles. The average molecular weight is 359 g/mol. The zero-order chi connectivity index (χ0) is 15.6. The van der Waals surface area contributed by atoms with E-state index in [2.05, 4.69) is 20.9 Å². The van der Waals surface area contributed by atoms with Crippen LogP contribution in [0, 0.1) is 11.6 Å². The third kappa shape index (κ3) is 3.12. The minimum Gasteiger partial charge on any atom is -0.461 e. The minimum absolute atomic E-state index is 0.0235. The van der Waals surface area contributed by atoms with Crippen LogP contribution in [0.15, 0.2) is 22.8 Å². The molecule has 4 nitrogen and oxygen atoms in total. The lowest BCUT2D eigenvalue weighted by Gasteiger charge is -2.09. The minimum atomic E-state index is -0.746. The highest BCUT2D eigenvalue weighted by Crippen LogP contribution is 2.24. The van der Waals surface area contributed by atoms with Gasteiger partial charge in [-0.2, -0.15) is 0 Å². The molecule has 0 aliphatic rings. The monoisotopic (exact) mass is 358 g/mol. The Hall–Kier alpha value is -1.76. The molecule has 112 valence electrons. The smallest absolute Gasteiger partial charge is 0.358 e. The van der Waals surface area contributed by atoms with Crippen molar-refractivity contribution in [3.8, 4) is 5.69 Å². The number of rotatable bonds is 4. The van der Waals surface area contributed by atoms with E-state index in [-0.39, 0.29) is 18.0 Å². The van der Waals surface area contributed by atoms with Crippen molar-refractivity contribution in [3.63, 3.8) is 0 Å². The van der Waals surface area contributed by atoms with Crippen LogP contribution in [-0.2, 0) is 11.2 Å². The second-order valence-corrected chi connectivity index (χ2v) is 5.12. The van der Waals surface area contributed by atoms with Gasteiger partial charge >= 0.3 is 5.97 Å². The van der Waals surface area contributed by atoms with Gasteiger partial charge in [-0.1, -0.05) is 22.9 Å². The Bertz CT molecular complexity index is 663. The van der Waals surface area contributed by atoms with Crippen molar-refractivity contribution in [3.05, 3.63) is 46.0 Å². The summed E-state index contributed by atoms with van der Waals surface area (Å²) in [6.07, 6.45) is 1.70. The van der Waals surface area contributed by atoms with Gasteiger partial charge < -0.3 is 4.74 Å². The number of benzene rings is 1. The Morgan fingerprint density at radius 2 is 1.95 bits per heavy atom. The SMILES string of the molecule is CCOC(=O)c1cn(-c2c(F)cc(Br)cc2F)c(CC)n1. The summed E-state index contributed by atoms with van der Waals surface area (Å²) in [5, 5.41) is 0. The van der Waals surface area contributed by atoms with Crippen molar-refractivity contribution in [1.82, 2.24) is 9.55 Å². The highest BCUT2D eigenvalue weighted by molar-refractivity contribution is 9.10. The fourth-order valence-corrected chi connectivity index (χ4v) is 2.33. The van der Waals surface area contributed by atoms with Crippen LogP contribution in [0.25, 0.3) is 5.69 Å². The molecule has 2 aromatic rings. The number of esters is 1. The second-order valence-electron chi connectivity index (χ2n) is 4.20. The topological polar surface area (TPSA) is 44.1 Å². The summed E-state index contributed by atoms with van der Waals surface area (Å²) < 4.78 is 34.5. The van der Waals surface area contributed by atoms with Crippen LogP contribution < -0.4 is 0 Å². The molecular weight excluding hydrogens is 346 g/mol. The molecule has 1 aromatic carbocycles. The highest BCUT2D eigenvalue weighted by Gasteiger charge is 2.20. The fraction of sp³-hybridized carbons (Fsp3) is 0.286. The van der Waals surface area contributed by atoms with Crippen LogP contribution in [0.2, 0.25) is 0 Å². The summed E-state index contributed by atoms with van der Waals surface area (Å²) in [6.45, 7) is 3.65. The van der Waals surface area contributed by atoms with E-state index in [1.54, 1.807) is 13.8 Å². The van der Waals surface area contributed by atoms with E-state index >= 15 is 0 Å². The summed E-state index contributed by atoms with van der Waals surface area (Å²) >= 11 is 3.03. The number of hydrogen-bond donors (Lipinski definition) is 0. The maximum atomic E-state index is 14.0. The zero-order valence-electron chi connectivity index (χ0n) is 11.5. The van der Waals surface area contributed by atoms with Gasteiger partial charge in [0.1, 0.15) is 11.5 Å². The molecule has 0 bridgehead atoms. The molecule has 0 atom stereocenters. The fourth-order valence-electron chi connectivity index (χ4n) is 1.93. The molecule has 0 spiro atoms. The van der Waals surface area contributed by atoms with Gasteiger partial charge in [0.2, 0.25) is 0 Å². The van der Waals surface area contributed by atoms with Gasteiger partial charge in [0, 0.05) is 17.1 Å². The third-order valence-electron chi connectivity index (χ3n) is 2.80. The van der Waals surface area contributed by atoms with E-state index in [1.165, 1.54) is 10.8 Å². The van der Waals surface area contributed by atoms with Crippen LogP contribution in [0.4, 0.5) is 8.78 Å². The lowest BCUT2D eigenvalue weighted by molar-refractivity contribution is 0.0520. The molecule has 1 aromatic heterocycles. The molecular formula is C14H13BrF2N2O2. The first-order valence-corrected chi connectivity index (χ1v) is 7.17. The number of hydrogen-bond acceptors (Lipinski definition) is 3. The van der Waals surface area contributed by atoms with E-state index in [4.69, 9.17) is 4.74 Å². The van der Waals surface area contributed by atoms with Crippen molar-refractivity contribution < 1.29 is 18.3 Å². The first kappa shape index (κ1) is 15.6. The zero-order valence-corrected chi connectivity index (χ0v) is 13.1. The highest BCUT2D eigenvalue weighted by atomic mass is 79.9. The number of halogens is 3. The second kappa shape index (κ2) is 6.34. The van der Waals surface area contributed by atoms with E-state index in [1.807, 2.05) is 0 Å². The number of ether oxygens (including phenoxy) is 1. The molecule has 0 unspecified atom stereocenters. The Morgan fingerprint density at radius 3 is 2.48 bits per heavy atom. The standard InChI is InChI=1S/C14H13BrF2N2O2/c1-3-12-18-11(14(20)21-4-2)7-19(12)13-9(16)5-8(15)6-10(13)17/h5-7H,3-4H2,1-2H3. The van der Waals surface area contributed by atoms with Gasteiger partial charge in [0.05, 0.1) is 6.61 Å². The quantitative estimate of drug-likeness (QED) is 0.783. The molecule has 0 amide bonds. The Labute approximate surface area is 128 Å².